The number of sulfonamides is 1. The van der Waals surface area contributed by atoms with Crippen LogP contribution < -0.4 is 15.9 Å². The number of nitrogens with two attached hydrogens (primary N) is 1. The van der Waals surface area contributed by atoms with Gasteiger partial charge in [-0.3, -0.25) is 14.4 Å². The number of aliphatic hydroxyl groups excluding tert-OH is 1. The van der Waals surface area contributed by atoms with Gasteiger partial charge in [0.25, 0.3) is 11.8 Å². The van der Waals surface area contributed by atoms with Crippen LogP contribution in [0.1, 0.15) is 75.8 Å². The van der Waals surface area contributed by atoms with Gasteiger partial charge in [-0.1, -0.05) is 81.4 Å². The second kappa shape index (κ2) is 17.6. The van der Waals surface area contributed by atoms with E-state index in [0.717, 1.165) is 18.4 Å². The highest BCUT2D eigenvalue weighted by atomic mass is 32.2. The van der Waals surface area contributed by atoms with E-state index in [2.05, 4.69) is 10.1 Å². The van der Waals surface area contributed by atoms with E-state index in [1.807, 2.05) is 44.2 Å². The molecule has 0 heterocycles. The lowest BCUT2D eigenvalue weighted by molar-refractivity contribution is 0.0634. The molecule has 0 aliphatic heterocycles. The zero-order valence-electron chi connectivity index (χ0n) is 26.7. The highest BCUT2D eigenvalue weighted by Crippen LogP contribution is 2.16. The Morgan fingerprint density at radius 3 is 1.91 bits per heavy atom. The van der Waals surface area contributed by atoms with Gasteiger partial charge in [-0.2, -0.15) is 0 Å². The fourth-order valence-corrected chi connectivity index (χ4v) is 6.36. The highest BCUT2D eigenvalue weighted by molar-refractivity contribution is 7.88. The number of hydrogen-bond donors (Lipinski definition) is 4. The zero-order chi connectivity index (χ0) is 33.7. The minimum absolute atomic E-state index is 0.00841. The van der Waals surface area contributed by atoms with Crippen LogP contribution in [0.3, 0.4) is 0 Å². The Labute approximate surface area is 271 Å². The van der Waals surface area contributed by atoms with Gasteiger partial charge >= 0.3 is 0 Å². The van der Waals surface area contributed by atoms with Crippen LogP contribution in [0.25, 0.3) is 0 Å². The van der Waals surface area contributed by atoms with Crippen molar-refractivity contribution in [2.24, 2.45) is 5.73 Å². The zero-order valence-corrected chi connectivity index (χ0v) is 27.5. The summed E-state index contributed by atoms with van der Waals surface area (Å²) in [5.74, 6) is -1.97. The maximum Gasteiger partial charge on any atom is 0.253 e. The van der Waals surface area contributed by atoms with Gasteiger partial charge in [0.1, 0.15) is 0 Å². The van der Waals surface area contributed by atoms with Crippen molar-refractivity contribution in [2.45, 2.75) is 57.9 Å². The molecule has 0 saturated carbocycles. The van der Waals surface area contributed by atoms with Crippen LogP contribution in [-0.4, -0.2) is 79.5 Å². The van der Waals surface area contributed by atoms with E-state index >= 15 is 0 Å². The van der Waals surface area contributed by atoms with Gasteiger partial charge in [-0.15, -0.1) is 4.83 Å². The minimum atomic E-state index is -3.79. The van der Waals surface area contributed by atoms with Crippen molar-refractivity contribution in [3.8, 4) is 0 Å². The molecule has 12 heteroatoms. The molecule has 3 rings (SSSR count). The number of hydrazine groups is 1. The molecule has 3 aromatic rings. The van der Waals surface area contributed by atoms with Crippen LogP contribution in [-0.2, 0) is 22.2 Å². The Hall–Kier alpha value is -4.10. The van der Waals surface area contributed by atoms with E-state index in [9.17, 15) is 27.9 Å². The number of primary amides is 1. The number of nitrogens with zero attached hydrogens (tertiary/aromatic N) is 2. The first-order valence-corrected chi connectivity index (χ1v) is 17.2. The van der Waals surface area contributed by atoms with Crippen molar-refractivity contribution in [3.05, 3.63) is 107 Å². The van der Waals surface area contributed by atoms with Crippen LogP contribution in [0.4, 0.5) is 0 Å². The van der Waals surface area contributed by atoms with Crippen molar-refractivity contribution < 1.29 is 27.9 Å². The molecule has 11 nitrogen and oxygen atoms in total. The molecule has 0 aliphatic rings. The molecular formula is C34H45N5O6S. The van der Waals surface area contributed by atoms with Gasteiger partial charge in [0.15, 0.2) is 0 Å². The number of benzene rings is 3. The highest BCUT2D eigenvalue weighted by Gasteiger charge is 2.27. The van der Waals surface area contributed by atoms with Gasteiger partial charge in [0.2, 0.25) is 15.9 Å². The number of carbonyl (C=O) groups is 3. The molecule has 0 bridgehead atoms. The largest absolute Gasteiger partial charge is 0.390 e. The van der Waals surface area contributed by atoms with Crippen molar-refractivity contribution >= 4 is 27.7 Å². The smallest absolute Gasteiger partial charge is 0.253 e. The molecule has 0 aromatic heterocycles. The van der Waals surface area contributed by atoms with Crippen molar-refractivity contribution in [2.75, 3.05) is 26.2 Å². The topological polar surface area (TPSA) is 162 Å². The molecule has 3 amide bonds. The van der Waals surface area contributed by atoms with E-state index in [4.69, 9.17) is 5.73 Å². The Morgan fingerprint density at radius 2 is 1.37 bits per heavy atom. The predicted molar refractivity (Wildman–Crippen MR) is 178 cm³/mol. The fraction of sp³-hybridized carbons (Fsp3) is 0.382. The van der Waals surface area contributed by atoms with Gasteiger partial charge < -0.3 is 21.1 Å². The summed E-state index contributed by atoms with van der Waals surface area (Å²) in [6, 6.07) is 21.2. The molecule has 2 atom stereocenters. The number of rotatable bonds is 18. The molecule has 248 valence electrons. The predicted octanol–water partition coefficient (Wildman–Crippen LogP) is 3.11. The van der Waals surface area contributed by atoms with E-state index < -0.39 is 34.0 Å². The second-order valence-electron chi connectivity index (χ2n) is 11.2. The molecule has 0 spiro atoms. The van der Waals surface area contributed by atoms with Crippen molar-refractivity contribution in [1.82, 2.24) is 20.1 Å². The van der Waals surface area contributed by atoms with Crippen molar-refractivity contribution in [1.29, 1.82) is 0 Å². The monoisotopic (exact) mass is 651 g/mol. The summed E-state index contributed by atoms with van der Waals surface area (Å²) in [5.41, 5.74) is 7.22. The van der Waals surface area contributed by atoms with Gasteiger partial charge in [0, 0.05) is 42.9 Å². The lowest BCUT2D eigenvalue weighted by Crippen LogP contribution is -2.53. The molecule has 3 aromatic carbocycles. The third-order valence-electron chi connectivity index (χ3n) is 7.34. The SMILES string of the molecule is CCCN(CCC)C(=O)c1cc(C(N)=O)cc(C(=O)NC(Cc2ccccc2)C(O)CN(CC)NS(=O)(=O)Cc2ccccc2)c1. The van der Waals surface area contributed by atoms with Crippen LogP contribution >= 0.6 is 0 Å². The summed E-state index contributed by atoms with van der Waals surface area (Å²) in [4.78, 5) is 43.5. The summed E-state index contributed by atoms with van der Waals surface area (Å²) in [6.45, 7) is 6.82. The van der Waals surface area contributed by atoms with E-state index in [0.29, 0.717) is 18.7 Å². The molecule has 46 heavy (non-hydrogen) atoms. The van der Waals surface area contributed by atoms with Crippen LogP contribution in [0.15, 0.2) is 78.9 Å². The molecule has 0 fully saturated rings. The Morgan fingerprint density at radius 1 is 0.826 bits per heavy atom. The number of nitrogens with one attached hydrogen (secondary N) is 2. The number of hydrogen-bond acceptors (Lipinski definition) is 7. The molecular weight excluding hydrogens is 606 g/mol. The maximum absolute atomic E-state index is 13.7. The summed E-state index contributed by atoms with van der Waals surface area (Å²) in [5, 5.41) is 15.6. The van der Waals surface area contributed by atoms with Gasteiger partial charge in [-0.25, -0.2) is 13.4 Å². The molecule has 2 unspecified atom stereocenters. The maximum atomic E-state index is 13.7. The quantitative estimate of drug-likeness (QED) is 0.154. The second-order valence-corrected chi connectivity index (χ2v) is 12.9. The summed E-state index contributed by atoms with van der Waals surface area (Å²) in [7, 11) is -3.79. The van der Waals surface area contributed by atoms with E-state index in [-0.39, 0.29) is 47.9 Å². The summed E-state index contributed by atoms with van der Waals surface area (Å²) < 4.78 is 25.8. The summed E-state index contributed by atoms with van der Waals surface area (Å²) in [6.07, 6.45) is 0.494. The standard InChI is InChI=1S/C34H45N5O6S/c1-4-17-38(18-5-2)34(43)29-21-27(32(35)41)20-28(22-29)33(42)36-30(19-25-13-9-7-10-14-25)31(40)23-39(6-3)37-46(44,45)24-26-15-11-8-12-16-26/h7-16,20-22,30-31,37,40H,4-6,17-19,23-24H2,1-3H3,(H2,35,41)(H,36,42). The average molecular weight is 652 g/mol. The van der Waals surface area contributed by atoms with E-state index in [1.165, 1.54) is 23.2 Å². The lowest BCUT2D eigenvalue weighted by atomic mass is 9.99. The first kappa shape index (κ1) is 36.4. The molecule has 5 N–H and O–H groups in total. The summed E-state index contributed by atoms with van der Waals surface area (Å²) >= 11 is 0. The van der Waals surface area contributed by atoms with Gasteiger partial charge in [-0.05, 0) is 48.6 Å². The number of aliphatic hydroxyl groups is 1. The molecule has 0 saturated heterocycles. The normalized spacial score (nSPS) is 12.8. The lowest BCUT2D eigenvalue weighted by Gasteiger charge is -2.30. The number of carbonyl (C=O) groups excluding carboxylic acids is 3. The van der Waals surface area contributed by atoms with E-state index in [1.54, 1.807) is 42.2 Å². The Balaban J connectivity index is 1.87. The Kier molecular flexibility index (Phi) is 13.9. The Bertz CT molecular complexity index is 1550. The number of likely N-dealkylation sites (N-methyl/N-ethyl adjacent to an activating group) is 1. The van der Waals surface area contributed by atoms with Crippen LogP contribution in [0.5, 0.6) is 0 Å². The third-order valence-corrected chi connectivity index (χ3v) is 8.59. The van der Waals surface area contributed by atoms with Crippen LogP contribution in [0, 0.1) is 0 Å². The fourth-order valence-electron chi connectivity index (χ4n) is 5.07. The number of amides is 3. The first-order chi connectivity index (χ1) is 22.0. The van der Waals surface area contributed by atoms with Crippen molar-refractivity contribution in [3.63, 3.8) is 0 Å². The van der Waals surface area contributed by atoms with Crippen LogP contribution in [0.2, 0.25) is 0 Å². The average Bonchev–Trinajstić information content (AvgIpc) is 3.03. The first-order valence-electron chi connectivity index (χ1n) is 15.5. The molecule has 0 aliphatic carbocycles. The van der Waals surface area contributed by atoms with Gasteiger partial charge in [0.05, 0.1) is 17.9 Å². The minimum Gasteiger partial charge on any atom is -0.390 e. The molecule has 0 radical (unpaired) electrons. The third kappa shape index (κ3) is 11.1.